The molecule has 0 atom stereocenters. The molecule has 90 valence electrons. The Hall–Kier alpha value is -1.77. The van der Waals surface area contributed by atoms with E-state index < -0.39 is 0 Å². The Balaban J connectivity index is 2.29. The highest BCUT2D eigenvalue weighted by atomic mass is 16.5. The van der Waals surface area contributed by atoms with E-state index in [4.69, 9.17) is 4.74 Å². The summed E-state index contributed by atoms with van der Waals surface area (Å²) >= 11 is 0. The van der Waals surface area contributed by atoms with Crippen LogP contribution in [-0.2, 0) is 6.42 Å². The van der Waals surface area contributed by atoms with Gasteiger partial charge in [0, 0.05) is 5.69 Å². The van der Waals surface area contributed by atoms with Gasteiger partial charge in [0.2, 0.25) is 0 Å². The third kappa shape index (κ3) is 2.49. The first-order valence-electron chi connectivity index (χ1n) is 6.03. The van der Waals surface area contributed by atoms with E-state index in [0.29, 0.717) is 6.61 Å². The topological polar surface area (TPSA) is 27.1 Å². The molecule has 0 amide bonds. The van der Waals surface area contributed by atoms with Crippen molar-refractivity contribution in [3.05, 3.63) is 41.7 Å². The van der Waals surface area contributed by atoms with Crippen LogP contribution in [-0.4, -0.2) is 16.4 Å². The van der Waals surface area contributed by atoms with E-state index in [2.05, 4.69) is 25.0 Å². The fourth-order valence-corrected chi connectivity index (χ4v) is 1.82. The summed E-state index contributed by atoms with van der Waals surface area (Å²) < 4.78 is 7.39. The molecule has 17 heavy (non-hydrogen) atoms. The molecule has 0 saturated heterocycles. The van der Waals surface area contributed by atoms with Gasteiger partial charge in [-0.1, -0.05) is 6.92 Å². The summed E-state index contributed by atoms with van der Waals surface area (Å²) in [6.07, 6.45) is 0.963. The number of nitrogens with zero attached hydrogens (tertiary/aromatic N) is 2. The van der Waals surface area contributed by atoms with Crippen LogP contribution in [0.15, 0.2) is 30.3 Å². The summed E-state index contributed by atoms with van der Waals surface area (Å²) in [5, 5.41) is 4.55. The second-order valence-corrected chi connectivity index (χ2v) is 3.97. The zero-order chi connectivity index (χ0) is 12.3. The van der Waals surface area contributed by atoms with Gasteiger partial charge in [-0.3, -0.25) is 0 Å². The lowest BCUT2D eigenvalue weighted by Crippen LogP contribution is -1.99. The molecule has 0 radical (unpaired) electrons. The highest BCUT2D eigenvalue weighted by molar-refractivity contribution is 5.38. The van der Waals surface area contributed by atoms with Gasteiger partial charge >= 0.3 is 0 Å². The average Bonchev–Trinajstić information content (AvgIpc) is 2.72. The number of hydrogen-bond acceptors (Lipinski definition) is 2. The van der Waals surface area contributed by atoms with Crippen molar-refractivity contribution in [1.82, 2.24) is 9.78 Å². The number of rotatable bonds is 4. The van der Waals surface area contributed by atoms with Crippen LogP contribution >= 0.6 is 0 Å². The van der Waals surface area contributed by atoms with E-state index in [1.54, 1.807) is 0 Å². The zero-order valence-corrected chi connectivity index (χ0v) is 10.6. The van der Waals surface area contributed by atoms with Gasteiger partial charge in [-0.15, -0.1) is 0 Å². The van der Waals surface area contributed by atoms with Crippen LogP contribution in [0.5, 0.6) is 5.75 Å². The van der Waals surface area contributed by atoms with Crippen LogP contribution in [0.4, 0.5) is 0 Å². The third-order valence-corrected chi connectivity index (χ3v) is 2.69. The summed E-state index contributed by atoms with van der Waals surface area (Å²) in [5.74, 6) is 0.900. The second-order valence-electron chi connectivity index (χ2n) is 3.97. The summed E-state index contributed by atoms with van der Waals surface area (Å²) in [4.78, 5) is 0. The highest BCUT2D eigenvalue weighted by Gasteiger charge is 2.04. The standard InChI is InChI=1S/C14H18N2O/c1-4-12-10-11(3)16(15-12)13-6-8-14(9-7-13)17-5-2/h6-10H,4-5H2,1-3H3. The van der Waals surface area contributed by atoms with E-state index in [1.165, 1.54) is 0 Å². The maximum Gasteiger partial charge on any atom is 0.119 e. The molecule has 1 aromatic carbocycles. The van der Waals surface area contributed by atoms with Gasteiger partial charge in [-0.05, 0) is 50.6 Å². The summed E-state index contributed by atoms with van der Waals surface area (Å²) in [6, 6.07) is 10.1. The minimum absolute atomic E-state index is 0.695. The first-order valence-corrected chi connectivity index (χ1v) is 6.03. The van der Waals surface area contributed by atoms with E-state index in [0.717, 1.165) is 29.2 Å². The van der Waals surface area contributed by atoms with Crippen molar-refractivity contribution in [3.8, 4) is 11.4 Å². The molecule has 1 aromatic heterocycles. The molecular formula is C14H18N2O. The molecule has 0 aliphatic carbocycles. The van der Waals surface area contributed by atoms with E-state index in [-0.39, 0.29) is 0 Å². The maximum atomic E-state index is 5.42. The molecule has 0 spiro atoms. The lowest BCUT2D eigenvalue weighted by molar-refractivity contribution is 0.340. The van der Waals surface area contributed by atoms with Gasteiger partial charge in [0.1, 0.15) is 5.75 Å². The van der Waals surface area contributed by atoms with Crippen LogP contribution in [0.25, 0.3) is 5.69 Å². The van der Waals surface area contributed by atoms with Gasteiger partial charge in [0.25, 0.3) is 0 Å². The molecule has 0 aliphatic rings. The third-order valence-electron chi connectivity index (χ3n) is 2.69. The van der Waals surface area contributed by atoms with Crippen molar-refractivity contribution in [2.24, 2.45) is 0 Å². The van der Waals surface area contributed by atoms with Crippen molar-refractivity contribution in [3.63, 3.8) is 0 Å². The molecule has 0 unspecified atom stereocenters. The maximum absolute atomic E-state index is 5.42. The van der Waals surface area contributed by atoms with Crippen LogP contribution < -0.4 is 4.74 Å². The lowest BCUT2D eigenvalue weighted by Gasteiger charge is -2.06. The molecule has 0 fully saturated rings. The number of hydrogen-bond donors (Lipinski definition) is 0. The first-order chi connectivity index (χ1) is 8.24. The van der Waals surface area contributed by atoms with Gasteiger partial charge in [-0.2, -0.15) is 5.10 Å². The van der Waals surface area contributed by atoms with Gasteiger partial charge in [-0.25, -0.2) is 4.68 Å². The molecule has 0 saturated carbocycles. The van der Waals surface area contributed by atoms with E-state index in [9.17, 15) is 0 Å². The molecule has 3 heteroatoms. The number of aryl methyl sites for hydroxylation is 2. The number of benzene rings is 1. The molecule has 1 heterocycles. The minimum Gasteiger partial charge on any atom is -0.494 e. The molecule has 2 aromatic rings. The van der Waals surface area contributed by atoms with E-state index in [1.807, 2.05) is 35.9 Å². The van der Waals surface area contributed by atoms with Gasteiger partial charge in [0.05, 0.1) is 18.0 Å². The van der Waals surface area contributed by atoms with Crippen molar-refractivity contribution in [1.29, 1.82) is 0 Å². The molecule has 2 rings (SSSR count). The predicted molar refractivity (Wildman–Crippen MR) is 68.8 cm³/mol. The van der Waals surface area contributed by atoms with Crippen molar-refractivity contribution >= 4 is 0 Å². The number of ether oxygens (including phenoxy) is 1. The number of aromatic nitrogens is 2. The molecule has 0 bridgehead atoms. The highest BCUT2D eigenvalue weighted by Crippen LogP contribution is 2.17. The monoisotopic (exact) mass is 230 g/mol. The van der Waals surface area contributed by atoms with Gasteiger partial charge in [0.15, 0.2) is 0 Å². The quantitative estimate of drug-likeness (QED) is 0.806. The smallest absolute Gasteiger partial charge is 0.119 e. The molecule has 0 aliphatic heterocycles. The minimum atomic E-state index is 0.695. The first kappa shape index (κ1) is 11.7. The lowest BCUT2D eigenvalue weighted by atomic mass is 10.3. The fourth-order valence-electron chi connectivity index (χ4n) is 1.82. The fraction of sp³-hybridized carbons (Fsp3) is 0.357. The van der Waals surface area contributed by atoms with Gasteiger partial charge < -0.3 is 4.74 Å². The van der Waals surface area contributed by atoms with E-state index >= 15 is 0 Å². The Labute approximate surface area is 102 Å². The zero-order valence-electron chi connectivity index (χ0n) is 10.6. The Morgan fingerprint density at radius 1 is 1.18 bits per heavy atom. The van der Waals surface area contributed by atoms with Crippen molar-refractivity contribution in [2.45, 2.75) is 27.2 Å². The van der Waals surface area contributed by atoms with Crippen LogP contribution in [0, 0.1) is 6.92 Å². The Kier molecular flexibility index (Phi) is 3.47. The molecule has 3 nitrogen and oxygen atoms in total. The Morgan fingerprint density at radius 3 is 2.41 bits per heavy atom. The van der Waals surface area contributed by atoms with Crippen LogP contribution in [0.2, 0.25) is 0 Å². The summed E-state index contributed by atoms with van der Waals surface area (Å²) in [5.41, 5.74) is 3.35. The molecular weight excluding hydrogens is 212 g/mol. The Bertz CT molecular complexity index is 485. The van der Waals surface area contributed by atoms with Crippen LogP contribution in [0.1, 0.15) is 25.2 Å². The normalized spacial score (nSPS) is 10.5. The summed E-state index contributed by atoms with van der Waals surface area (Å²) in [6.45, 7) is 6.87. The average molecular weight is 230 g/mol. The second kappa shape index (κ2) is 5.04. The van der Waals surface area contributed by atoms with Crippen molar-refractivity contribution < 1.29 is 4.74 Å². The summed E-state index contributed by atoms with van der Waals surface area (Å²) in [7, 11) is 0. The van der Waals surface area contributed by atoms with Crippen molar-refractivity contribution in [2.75, 3.05) is 6.61 Å². The van der Waals surface area contributed by atoms with Crippen LogP contribution in [0.3, 0.4) is 0 Å². The largest absolute Gasteiger partial charge is 0.494 e. The molecule has 0 N–H and O–H groups in total. The predicted octanol–water partition coefficient (Wildman–Crippen LogP) is 3.14. The Morgan fingerprint density at radius 2 is 1.88 bits per heavy atom. The SMILES string of the molecule is CCOc1ccc(-n2nc(CC)cc2C)cc1.